The molecule has 0 aromatic heterocycles. The van der Waals surface area contributed by atoms with Crippen molar-refractivity contribution >= 4 is 5.91 Å². The summed E-state index contributed by atoms with van der Waals surface area (Å²) in [4.78, 5) is 13.7. The highest BCUT2D eigenvalue weighted by molar-refractivity contribution is 5.76. The Morgan fingerprint density at radius 3 is 2.60 bits per heavy atom. The van der Waals surface area contributed by atoms with Gasteiger partial charge in [-0.3, -0.25) is 4.79 Å². The van der Waals surface area contributed by atoms with Crippen molar-refractivity contribution in [1.29, 1.82) is 0 Å². The van der Waals surface area contributed by atoms with Gasteiger partial charge in [0.2, 0.25) is 5.91 Å². The first-order valence-corrected chi connectivity index (χ1v) is 5.83. The number of carbonyl (C=O) groups is 1. The zero-order valence-electron chi connectivity index (χ0n) is 10.5. The van der Waals surface area contributed by atoms with Crippen LogP contribution >= 0.6 is 0 Å². The number of nitrogens with one attached hydrogen (secondary N) is 1. The van der Waals surface area contributed by atoms with Crippen LogP contribution in [0.5, 0.6) is 0 Å². The molecule has 0 radical (unpaired) electrons. The van der Waals surface area contributed by atoms with E-state index in [0.717, 1.165) is 19.6 Å². The minimum Gasteiger partial charge on any atom is -0.345 e. The molecule has 0 aromatic rings. The minimum absolute atomic E-state index is 0.0965. The summed E-state index contributed by atoms with van der Waals surface area (Å²) in [5.41, 5.74) is 0.0965. The third kappa shape index (κ3) is 4.65. The summed E-state index contributed by atoms with van der Waals surface area (Å²) in [5.74, 6) is 0.924. The zero-order valence-corrected chi connectivity index (χ0v) is 10.5. The van der Waals surface area contributed by atoms with Gasteiger partial charge in [-0.2, -0.15) is 0 Å². The van der Waals surface area contributed by atoms with Crippen molar-refractivity contribution < 1.29 is 4.79 Å². The van der Waals surface area contributed by atoms with Gasteiger partial charge in [0, 0.05) is 20.0 Å². The Balaban J connectivity index is 2.32. The molecule has 0 aliphatic carbocycles. The second-order valence-corrected chi connectivity index (χ2v) is 5.87. The van der Waals surface area contributed by atoms with Crippen LogP contribution in [0.3, 0.4) is 0 Å². The Hall–Kier alpha value is -0.570. The molecular formula is C12H24N2O. The van der Waals surface area contributed by atoms with Gasteiger partial charge in [0.05, 0.1) is 0 Å². The third-order valence-corrected chi connectivity index (χ3v) is 2.80. The van der Waals surface area contributed by atoms with Crippen molar-refractivity contribution in [2.24, 2.45) is 11.3 Å². The van der Waals surface area contributed by atoms with Gasteiger partial charge >= 0.3 is 0 Å². The molecule has 0 spiro atoms. The number of hydrogen-bond donors (Lipinski definition) is 1. The van der Waals surface area contributed by atoms with Crippen molar-refractivity contribution in [1.82, 2.24) is 10.2 Å². The van der Waals surface area contributed by atoms with Crippen LogP contribution in [0.25, 0.3) is 0 Å². The van der Waals surface area contributed by atoms with Crippen molar-refractivity contribution in [3.8, 4) is 0 Å². The fourth-order valence-electron chi connectivity index (χ4n) is 1.95. The molecule has 0 bridgehead atoms. The maximum Gasteiger partial charge on any atom is 0.222 e. The van der Waals surface area contributed by atoms with Gasteiger partial charge < -0.3 is 10.2 Å². The van der Waals surface area contributed by atoms with Gasteiger partial charge in [-0.15, -0.1) is 0 Å². The van der Waals surface area contributed by atoms with E-state index >= 15 is 0 Å². The van der Waals surface area contributed by atoms with E-state index in [4.69, 9.17) is 0 Å². The molecule has 1 saturated heterocycles. The quantitative estimate of drug-likeness (QED) is 0.768. The van der Waals surface area contributed by atoms with Crippen molar-refractivity contribution in [3.63, 3.8) is 0 Å². The van der Waals surface area contributed by atoms with Gasteiger partial charge in [-0.1, -0.05) is 20.8 Å². The van der Waals surface area contributed by atoms with Crippen LogP contribution in [0.15, 0.2) is 0 Å². The molecule has 88 valence electrons. The monoisotopic (exact) mass is 212 g/mol. The molecule has 0 aromatic carbocycles. The van der Waals surface area contributed by atoms with Gasteiger partial charge in [0.15, 0.2) is 0 Å². The summed E-state index contributed by atoms with van der Waals surface area (Å²) in [7, 11) is 1.92. The van der Waals surface area contributed by atoms with E-state index in [9.17, 15) is 4.79 Å². The topological polar surface area (TPSA) is 32.3 Å². The lowest BCUT2D eigenvalue weighted by Gasteiger charge is -2.25. The highest BCUT2D eigenvalue weighted by Crippen LogP contribution is 2.20. The van der Waals surface area contributed by atoms with E-state index in [2.05, 4.69) is 26.1 Å². The highest BCUT2D eigenvalue weighted by Gasteiger charge is 2.22. The number of amides is 1. The van der Waals surface area contributed by atoms with E-state index in [1.165, 1.54) is 6.42 Å². The lowest BCUT2D eigenvalue weighted by atomic mass is 9.91. The lowest BCUT2D eigenvalue weighted by Crippen LogP contribution is -2.34. The van der Waals surface area contributed by atoms with E-state index in [-0.39, 0.29) is 11.3 Å². The van der Waals surface area contributed by atoms with Crippen LogP contribution in [-0.4, -0.2) is 37.5 Å². The molecule has 1 aliphatic heterocycles. The Morgan fingerprint density at radius 1 is 1.47 bits per heavy atom. The minimum atomic E-state index is 0.0965. The fourth-order valence-corrected chi connectivity index (χ4v) is 1.95. The molecule has 1 N–H and O–H groups in total. The number of carbonyl (C=O) groups excluding carboxylic acids is 1. The predicted octanol–water partition coefficient (Wildman–Crippen LogP) is 1.49. The van der Waals surface area contributed by atoms with Crippen LogP contribution in [0.1, 0.15) is 33.6 Å². The second kappa shape index (κ2) is 4.97. The summed E-state index contributed by atoms with van der Waals surface area (Å²) in [6.45, 7) is 9.39. The first-order valence-electron chi connectivity index (χ1n) is 5.83. The molecule has 1 heterocycles. The van der Waals surface area contributed by atoms with Crippen molar-refractivity contribution in [2.75, 3.05) is 26.7 Å². The predicted molar refractivity (Wildman–Crippen MR) is 62.7 cm³/mol. The SMILES string of the molecule is CN(CC1CCNC1)C(=O)CC(C)(C)C. The Morgan fingerprint density at radius 2 is 2.13 bits per heavy atom. The van der Waals surface area contributed by atoms with Gasteiger partial charge in [-0.05, 0) is 30.8 Å². The molecule has 1 amide bonds. The summed E-state index contributed by atoms with van der Waals surface area (Å²) in [6.07, 6.45) is 1.84. The fraction of sp³-hybridized carbons (Fsp3) is 0.917. The smallest absolute Gasteiger partial charge is 0.222 e. The second-order valence-electron chi connectivity index (χ2n) is 5.87. The van der Waals surface area contributed by atoms with E-state index in [0.29, 0.717) is 12.3 Å². The van der Waals surface area contributed by atoms with E-state index < -0.39 is 0 Å². The highest BCUT2D eigenvalue weighted by atomic mass is 16.2. The largest absolute Gasteiger partial charge is 0.345 e. The maximum atomic E-state index is 11.9. The molecule has 1 fully saturated rings. The standard InChI is InChI=1S/C12H24N2O/c1-12(2,3)7-11(15)14(4)9-10-5-6-13-8-10/h10,13H,5-9H2,1-4H3. The van der Waals surface area contributed by atoms with Crippen LogP contribution in [0, 0.1) is 11.3 Å². The Labute approximate surface area is 93.2 Å². The molecule has 0 saturated carbocycles. The molecule has 3 nitrogen and oxygen atoms in total. The summed E-state index contributed by atoms with van der Waals surface area (Å²) in [6, 6.07) is 0. The number of hydrogen-bond acceptors (Lipinski definition) is 2. The van der Waals surface area contributed by atoms with E-state index in [1.807, 2.05) is 11.9 Å². The lowest BCUT2D eigenvalue weighted by molar-refractivity contribution is -0.132. The van der Waals surface area contributed by atoms with Gasteiger partial charge in [-0.25, -0.2) is 0 Å². The summed E-state index contributed by atoms with van der Waals surface area (Å²) in [5, 5.41) is 3.33. The van der Waals surface area contributed by atoms with Crippen molar-refractivity contribution in [3.05, 3.63) is 0 Å². The van der Waals surface area contributed by atoms with E-state index in [1.54, 1.807) is 0 Å². The average Bonchev–Trinajstić information content (AvgIpc) is 2.53. The summed E-state index contributed by atoms with van der Waals surface area (Å²) >= 11 is 0. The normalized spacial score (nSPS) is 21.7. The first kappa shape index (κ1) is 12.5. The van der Waals surface area contributed by atoms with Crippen LogP contribution in [0.4, 0.5) is 0 Å². The molecule has 1 unspecified atom stereocenters. The molecule has 3 heteroatoms. The van der Waals surface area contributed by atoms with Crippen molar-refractivity contribution in [2.45, 2.75) is 33.6 Å². The average molecular weight is 212 g/mol. The van der Waals surface area contributed by atoms with Gasteiger partial charge in [0.1, 0.15) is 0 Å². The summed E-state index contributed by atoms with van der Waals surface area (Å²) < 4.78 is 0. The number of nitrogens with zero attached hydrogens (tertiary/aromatic N) is 1. The Kier molecular flexibility index (Phi) is 4.14. The molecule has 15 heavy (non-hydrogen) atoms. The van der Waals surface area contributed by atoms with Crippen LogP contribution < -0.4 is 5.32 Å². The zero-order chi connectivity index (χ0) is 11.5. The molecular weight excluding hydrogens is 188 g/mol. The number of rotatable bonds is 3. The molecule has 1 atom stereocenters. The van der Waals surface area contributed by atoms with Gasteiger partial charge in [0.25, 0.3) is 0 Å². The molecule has 1 rings (SSSR count). The first-order chi connectivity index (χ1) is 6.88. The Bertz CT molecular complexity index is 214. The van der Waals surface area contributed by atoms with Crippen LogP contribution in [0.2, 0.25) is 0 Å². The van der Waals surface area contributed by atoms with Crippen LogP contribution in [-0.2, 0) is 4.79 Å². The maximum absolute atomic E-state index is 11.9. The molecule has 1 aliphatic rings. The third-order valence-electron chi connectivity index (χ3n) is 2.80.